The average molecular weight is 530 g/mol. The van der Waals surface area contributed by atoms with E-state index in [0.717, 1.165) is 0 Å². The van der Waals surface area contributed by atoms with Crippen LogP contribution >= 0.6 is 0 Å². The maximum atomic E-state index is 12.8. The third-order valence-electron chi connectivity index (χ3n) is 5.82. The standard InChI is InChI=1S/C29H20O9.H2O/c30-17(15-35-22-5-1-7-24-28(22)18(31)13-26(37-24)20-9-3-11-33-20)16-36-23-6-2-8-25-29(23)19(32)14-27(38-25)21-10-4-12-34-21;/h1-14,17,30H,15-16H2;1H2. The van der Waals surface area contributed by atoms with Crippen LogP contribution in [0.25, 0.3) is 45.0 Å². The van der Waals surface area contributed by atoms with E-state index in [2.05, 4.69) is 0 Å². The smallest absolute Gasteiger partial charge is 0.197 e. The number of rotatable bonds is 8. The molecular weight excluding hydrogens is 508 g/mol. The largest absolute Gasteiger partial charge is 0.490 e. The molecule has 0 radical (unpaired) electrons. The molecule has 6 aromatic rings. The molecule has 198 valence electrons. The predicted octanol–water partition coefficient (Wildman–Crippen LogP) is 4.41. The molecule has 0 unspecified atom stereocenters. The molecular formula is C29H22O10. The van der Waals surface area contributed by atoms with E-state index in [4.69, 9.17) is 27.1 Å². The van der Waals surface area contributed by atoms with Crippen molar-refractivity contribution in [3.05, 3.63) is 106 Å². The van der Waals surface area contributed by atoms with Crippen molar-refractivity contribution < 1.29 is 37.7 Å². The molecule has 39 heavy (non-hydrogen) atoms. The van der Waals surface area contributed by atoms with E-state index in [-0.39, 0.29) is 51.8 Å². The van der Waals surface area contributed by atoms with Gasteiger partial charge in [0, 0.05) is 12.1 Å². The molecule has 0 aliphatic rings. The van der Waals surface area contributed by atoms with Crippen LogP contribution in [0.15, 0.2) is 113 Å². The third kappa shape index (κ3) is 5.06. The van der Waals surface area contributed by atoms with E-state index in [1.807, 2.05) is 0 Å². The number of fused-ring (bicyclic) bond motifs is 2. The maximum absolute atomic E-state index is 12.8. The number of benzene rings is 2. The Labute approximate surface area is 219 Å². The molecule has 0 aliphatic heterocycles. The number of hydrogen-bond donors (Lipinski definition) is 1. The summed E-state index contributed by atoms with van der Waals surface area (Å²) in [6, 6.07) is 19.3. The van der Waals surface area contributed by atoms with Crippen molar-refractivity contribution >= 4 is 21.9 Å². The summed E-state index contributed by atoms with van der Waals surface area (Å²) in [5.41, 5.74) is 0.0258. The van der Waals surface area contributed by atoms with E-state index in [1.165, 1.54) is 24.7 Å². The minimum Gasteiger partial charge on any atom is -0.490 e. The Hall–Kier alpha value is -5.06. The predicted molar refractivity (Wildman–Crippen MR) is 141 cm³/mol. The molecule has 0 atom stereocenters. The van der Waals surface area contributed by atoms with E-state index in [1.54, 1.807) is 60.7 Å². The number of aliphatic hydroxyl groups excluding tert-OH is 1. The molecule has 0 spiro atoms. The molecule has 0 aliphatic carbocycles. The number of furan rings is 2. The Bertz CT molecular complexity index is 1690. The summed E-state index contributed by atoms with van der Waals surface area (Å²) in [5.74, 6) is 1.99. The molecule has 3 N–H and O–H groups in total. The molecule has 6 rings (SSSR count). The van der Waals surface area contributed by atoms with Gasteiger partial charge in [0.05, 0.1) is 12.5 Å². The number of hydrogen-bond acceptors (Lipinski definition) is 9. The van der Waals surface area contributed by atoms with Gasteiger partial charge in [-0.2, -0.15) is 0 Å². The molecule has 0 fully saturated rings. The normalized spacial score (nSPS) is 11.1. The van der Waals surface area contributed by atoms with Gasteiger partial charge in [0.2, 0.25) is 0 Å². The molecule has 0 saturated heterocycles. The first kappa shape index (κ1) is 25.6. The average Bonchev–Trinajstić information content (AvgIpc) is 3.65. The fraction of sp³-hybridized carbons (Fsp3) is 0.103. The summed E-state index contributed by atoms with van der Waals surface area (Å²) in [4.78, 5) is 25.6. The van der Waals surface area contributed by atoms with Crippen LogP contribution in [0, 0.1) is 0 Å². The van der Waals surface area contributed by atoms with Crippen LogP contribution in [0.3, 0.4) is 0 Å². The lowest BCUT2D eigenvalue weighted by Crippen LogP contribution is -2.25. The van der Waals surface area contributed by atoms with Gasteiger partial charge in [0.15, 0.2) is 33.9 Å². The monoisotopic (exact) mass is 530 g/mol. The van der Waals surface area contributed by atoms with Gasteiger partial charge in [0.25, 0.3) is 0 Å². The van der Waals surface area contributed by atoms with E-state index in [0.29, 0.717) is 34.2 Å². The zero-order valence-corrected chi connectivity index (χ0v) is 20.3. The Morgan fingerprint density at radius 3 is 1.51 bits per heavy atom. The first-order valence-electron chi connectivity index (χ1n) is 11.7. The van der Waals surface area contributed by atoms with Crippen LogP contribution in [0.1, 0.15) is 0 Å². The van der Waals surface area contributed by atoms with Crippen molar-refractivity contribution in [1.82, 2.24) is 0 Å². The van der Waals surface area contributed by atoms with E-state index < -0.39 is 6.10 Å². The highest BCUT2D eigenvalue weighted by molar-refractivity contribution is 5.85. The van der Waals surface area contributed by atoms with Crippen LogP contribution < -0.4 is 20.3 Å². The Kier molecular flexibility index (Phi) is 7.04. The molecule has 10 nitrogen and oxygen atoms in total. The van der Waals surface area contributed by atoms with Gasteiger partial charge < -0.3 is 37.7 Å². The zero-order valence-electron chi connectivity index (χ0n) is 20.3. The summed E-state index contributed by atoms with van der Waals surface area (Å²) in [5, 5.41) is 11.0. The SMILES string of the molecule is O.O=c1cc(-c2ccco2)oc2cccc(OCC(O)COc3cccc4oc(-c5ccco5)cc(=O)c34)c12. The summed E-state index contributed by atoms with van der Waals surface area (Å²) in [6.45, 7) is -0.332. The highest BCUT2D eigenvalue weighted by atomic mass is 16.5. The van der Waals surface area contributed by atoms with Gasteiger partial charge >= 0.3 is 0 Å². The second-order valence-corrected chi connectivity index (χ2v) is 8.44. The second kappa shape index (κ2) is 10.7. The second-order valence-electron chi connectivity index (χ2n) is 8.44. The van der Waals surface area contributed by atoms with Gasteiger partial charge in [-0.1, -0.05) is 12.1 Å². The molecule has 10 heteroatoms. The first-order valence-corrected chi connectivity index (χ1v) is 11.7. The Morgan fingerprint density at radius 2 is 1.10 bits per heavy atom. The highest BCUT2D eigenvalue weighted by Crippen LogP contribution is 2.29. The Balaban J connectivity index is 0.00000308. The fourth-order valence-corrected chi connectivity index (χ4v) is 4.10. The van der Waals surface area contributed by atoms with Crippen molar-refractivity contribution in [3.8, 4) is 34.5 Å². The van der Waals surface area contributed by atoms with Crippen LogP contribution in [-0.2, 0) is 0 Å². The fourth-order valence-electron chi connectivity index (χ4n) is 4.10. The van der Waals surface area contributed by atoms with Crippen LogP contribution in [0.5, 0.6) is 11.5 Å². The Morgan fingerprint density at radius 1 is 0.641 bits per heavy atom. The summed E-state index contributed by atoms with van der Waals surface area (Å²) >= 11 is 0. The van der Waals surface area contributed by atoms with Crippen LogP contribution in [0.2, 0.25) is 0 Å². The lowest BCUT2D eigenvalue weighted by Gasteiger charge is -2.15. The number of aliphatic hydroxyl groups is 1. The van der Waals surface area contributed by atoms with Crippen molar-refractivity contribution in [1.29, 1.82) is 0 Å². The van der Waals surface area contributed by atoms with Crippen molar-refractivity contribution in [2.45, 2.75) is 6.10 Å². The molecule has 0 amide bonds. The zero-order chi connectivity index (χ0) is 26.1. The molecule has 4 aromatic heterocycles. The van der Waals surface area contributed by atoms with Crippen molar-refractivity contribution in [2.24, 2.45) is 0 Å². The maximum Gasteiger partial charge on any atom is 0.197 e. The molecule has 0 bridgehead atoms. The van der Waals surface area contributed by atoms with Crippen molar-refractivity contribution in [3.63, 3.8) is 0 Å². The molecule has 2 aromatic carbocycles. The van der Waals surface area contributed by atoms with Crippen LogP contribution in [-0.4, -0.2) is 29.9 Å². The third-order valence-corrected chi connectivity index (χ3v) is 5.82. The highest BCUT2D eigenvalue weighted by Gasteiger charge is 2.17. The van der Waals surface area contributed by atoms with Gasteiger partial charge in [-0.3, -0.25) is 9.59 Å². The van der Waals surface area contributed by atoms with Crippen LogP contribution in [0.4, 0.5) is 0 Å². The van der Waals surface area contributed by atoms with Gasteiger partial charge in [-0.05, 0) is 48.5 Å². The lowest BCUT2D eigenvalue weighted by atomic mass is 10.2. The quantitative estimate of drug-likeness (QED) is 0.301. The van der Waals surface area contributed by atoms with Gasteiger partial charge in [-0.25, -0.2) is 0 Å². The van der Waals surface area contributed by atoms with Crippen molar-refractivity contribution in [2.75, 3.05) is 13.2 Å². The first-order chi connectivity index (χ1) is 18.6. The molecule has 0 saturated carbocycles. The summed E-state index contributed by atoms with van der Waals surface area (Å²) in [7, 11) is 0. The van der Waals surface area contributed by atoms with E-state index in [9.17, 15) is 14.7 Å². The van der Waals surface area contributed by atoms with E-state index >= 15 is 0 Å². The minimum atomic E-state index is -1.07. The summed E-state index contributed by atoms with van der Waals surface area (Å²) < 4.78 is 33.8. The topological polar surface area (TPSA) is 157 Å². The molecule has 4 heterocycles. The summed E-state index contributed by atoms with van der Waals surface area (Å²) in [6.07, 6.45) is 1.92. The number of ether oxygens (including phenoxy) is 2. The van der Waals surface area contributed by atoms with Gasteiger partial charge in [0.1, 0.15) is 52.8 Å². The minimum absolute atomic E-state index is 0. The van der Waals surface area contributed by atoms with Gasteiger partial charge in [-0.15, -0.1) is 0 Å². The lowest BCUT2D eigenvalue weighted by molar-refractivity contribution is 0.0636.